The van der Waals surface area contributed by atoms with Crippen LogP contribution in [0.1, 0.15) is 80.6 Å². The van der Waals surface area contributed by atoms with Gasteiger partial charge in [-0.15, -0.1) is 0 Å². The normalized spacial score (nSPS) is 10.5. The first-order valence-corrected chi connectivity index (χ1v) is 12.7. The van der Waals surface area contributed by atoms with Crippen LogP contribution in [0.3, 0.4) is 0 Å². The standard InChI is InChI=1S/C31H35NO3/c1-2-3-4-5-6-7-8-9-10-23-34-29-19-17-28(18-20-29)31(33)35-30-21-15-27(16-22-30)26-13-11-25(24-32)12-14-26/h11-22H,2-10,23H2,1H3. The molecule has 0 unspecified atom stereocenters. The fourth-order valence-corrected chi connectivity index (χ4v) is 3.91. The zero-order valence-corrected chi connectivity index (χ0v) is 20.7. The molecule has 0 bridgehead atoms. The molecule has 0 radical (unpaired) electrons. The Morgan fingerprint density at radius 3 is 1.77 bits per heavy atom. The first-order valence-electron chi connectivity index (χ1n) is 12.7. The predicted molar refractivity (Wildman–Crippen MR) is 141 cm³/mol. The number of ether oxygens (including phenoxy) is 2. The van der Waals surface area contributed by atoms with Crippen LogP contribution in [-0.2, 0) is 0 Å². The Labute approximate surface area is 209 Å². The molecule has 0 atom stereocenters. The number of nitrogens with zero attached hydrogens (tertiary/aromatic N) is 1. The minimum atomic E-state index is -0.401. The van der Waals surface area contributed by atoms with E-state index in [2.05, 4.69) is 13.0 Å². The number of hydrogen-bond donors (Lipinski definition) is 0. The Balaban J connectivity index is 1.37. The molecule has 0 amide bonds. The second-order valence-electron chi connectivity index (χ2n) is 8.80. The van der Waals surface area contributed by atoms with Gasteiger partial charge in [0.15, 0.2) is 0 Å². The van der Waals surface area contributed by atoms with Gasteiger partial charge in [-0.25, -0.2) is 4.79 Å². The Morgan fingerprint density at radius 2 is 1.20 bits per heavy atom. The van der Waals surface area contributed by atoms with Gasteiger partial charge in [-0.2, -0.15) is 5.26 Å². The van der Waals surface area contributed by atoms with E-state index in [0.717, 1.165) is 23.3 Å². The Morgan fingerprint density at radius 1 is 0.686 bits per heavy atom. The first-order chi connectivity index (χ1) is 17.2. The molecule has 3 aromatic carbocycles. The number of rotatable bonds is 14. The van der Waals surface area contributed by atoms with Crippen molar-refractivity contribution in [2.45, 2.75) is 64.7 Å². The van der Waals surface area contributed by atoms with Crippen LogP contribution in [0.2, 0.25) is 0 Å². The van der Waals surface area contributed by atoms with Crippen LogP contribution in [0, 0.1) is 11.3 Å². The number of esters is 1. The summed E-state index contributed by atoms with van der Waals surface area (Å²) in [7, 11) is 0. The number of benzene rings is 3. The van der Waals surface area contributed by atoms with Crippen molar-refractivity contribution in [1.29, 1.82) is 5.26 Å². The summed E-state index contributed by atoms with van der Waals surface area (Å²) in [6.07, 6.45) is 11.6. The molecular formula is C31H35NO3. The largest absolute Gasteiger partial charge is 0.494 e. The lowest BCUT2D eigenvalue weighted by Gasteiger charge is -2.08. The van der Waals surface area contributed by atoms with Crippen LogP contribution in [-0.4, -0.2) is 12.6 Å². The van der Waals surface area contributed by atoms with E-state index >= 15 is 0 Å². The smallest absolute Gasteiger partial charge is 0.343 e. The molecule has 0 fully saturated rings. The lowest BCUT2D eigenvalue weighted by Crippen LogP contribution is -2.08. The lowest BCUT2D eigenvalue weighted by atomic mass is 10.0. The molecule has 0 aliphatic heterocycles. The van der Waals surface area contributed by atoms with E-state index in [1.54, 1.807) is 36.4 Å². The summed E-state index contributed by atoms with van der Waals surface area (Å²) in [5.74, 6) is 0.854. The molecule has 3 aromatic rings. The average molecular weight is 470 g/mol. The van der Waals surface area contributed by atoms with Gasteiger partial charge in [-0.1, -0.05) is 82.6 Å². The third kappa shape index (κ3) is 8.94. The molecule has 0 heterocycles. The van der Waals surface area contributed by atoms with Crippen molar-refractivity contribution in [3.8, 4) is 28.7 Å². The van der Waals surface area contributed by atoms with Gasteiger partial charge in [0.25, 0.3) is 0 Å². The summed E-state index contributed by atoms with van der Waals surface area (Å²) in [4.78, 5) is 12.5. The summed E-state index contributed by atoms with van der Waals surface area (Å²) in [5.41, 5.74) is 3.10. The van der Waals surface area contributed by atoms with Crippen LogP contribution < -0.4 is 9.47 Å². The maximum Gasteiger partial charge on any atom is 0.343 e. The Bertz CT molecular complexity index is 1060. The molecule has 0 aromatic heterocycles. The third-order valence-electron chi connectivity index (χ3n) is 6.02. The third-order valence-corrected chi connectivity index (χ3v) is 6.02. The second-order valence-corrected chi connectivity index (χ2v) is 8.80. The number of carbonyl (C=O) groups is 1. The fraction of sp³-hybridized carbons (Fsp3) is 0.355. The molecule has 4 nitrogen and oxygen atoms in total. The van der Waals surface area contributed by atoms with Crippen LogP contribution in [0.25, 0.3) is 11.1 Å². The molecule has 4 heteroatoms. The Kier molecular flexibility index (Phi) is 10.9. The molecule has 35 heavy (non-hydrogen) atoms. The van der Waals surface area contributed by atoms with Crippen LogP contribution in [0.5, 0.6) is 11.5 Å². The van der Waals surface area contributed by atoms with Crippen LogP contribution in [0.4, 0.5) is 0 Å². The quantitative estimate of drug-likeness (QED) is 0.135. The minimum absolute atomic E-state index is 0.401. The first kappa shape index (κ1) is 26.0. The number of unbranched alkanes of at least 4 members (excludes halogenated alkanes) is 8. The van der Waals surface area contributed by atoms with E-state index in [0.29, 0.717) is 23.5 Å². The molecule has 0 saturated heterocycles. The number of carbonyl (C=O) groups excluding carboxylic acids is 1. The highest BCUT2D eigenvalue weighted by Gasteiger charge is 2.09. The highest BCUT2D eigenvalue weighted by molar-refractivity contribution is 5.91. The predicted octanol–water partition coefficient (Wildman–Crippen LogP) is 8.35. The van der Waals surface area contributed by atoms with Crippen molar-refractivity contribution in [2.75, 3.05) is 6.61 Å². The lowest BCUT2D eigenvalue weighted by molar-refractivity contribution is 0.0734. The van der Waals surface area contributed by atoms with Crippen molar-refractivity contribution < 1.29 is 14.3 Å². The van der Waals surface area contributed by atoms with Gasteiger partial charge in [0.1, 0.15) is 11.5 Å². The number of hydrogen-bond acceptors (Lipinski definition) is 4. The van der Waals surface area contributed by atoms with Gasteiger partial charge in [-0.3, -0.25) is 0 Å². The molecule has 0 N–H and O–H groups in total. The summed E-state index contributed by atoms with van der Waals surface area (Å²) < 4.78 is 11.3. The molecule has 182 valence electrons. The molecule has 3 rings (SSSR count). The van der Waals surface area contributed by atoms with Crippen molar-refractivity contribution in [3.63, 3.8) is 0 Å². The maximum atomic E-state index is 12.5. The molecular weight excluding hydrogens is 434 g/mol. The summed E-state index contributed by atoms with van der Waals surface area (Å²) in [5, 5.41) is 8.92. The SMILES string of the molecule is CCCCCCCCCCCOc1ccc(C(=O)Oc2ccc(-c3ccc(C#N)cc3)cc2)cc1. The molecule has 0 aliphatic carbocycles. The molecule has 0 spiro atoms. The summed E-state index contributed by atoms with van der Waals surface area (Å²) in [6.45, 7) is 2.95. The van der Waals surface area contributed by atoms with Crippen molar-refractivity contribution in [3.05, 3.63) is 83.9 Å². The highest BCUT2D eigenvalue weighted by atomic mass is 16.5. The average Bonchev–Trinajstić information content (AvgIpc) is 2.90. The van der Waals surface area contributed by atoms with E-state index in [1.807, 2.05) is 36.4 Å². The van der Waals surface area contributed by atoms with Crippen LogP contribution in [0.15, 0.2) is 72.8 Å². The summed E-state index contributed by atoms with van der Waals surface area (Å²) in [6, 6.07) is 23.9. The van der Waals surface area contributed by atoms with E-state index < -0.39 is 5.97 Å². The number of nitriles is 1. The van der Waals surface area contributed by atoms with E-state index in [-0.39, 0.29) is 0 Å². The monoisotopic (exact) mass is 469 g/mol. The minimum Gasteiger partial charge on any atom is -0.494 e. The zero-order chi connectivity index (χ0) is 24.7. The van der Waals surface area contributed by atoms with E-state index in [9.17, 15) is 4.79 Å². The van der Waals surface area contributed by atoms with Gasteiger partial charge in [0, 0.05) is 0 Å². The van der Waals surface area contributed by atoms with Gasteiger partial charge in [-0.05, 0) is 66.1 Å². The molecule has 0 saturated carbocycles. The topological polar surface area (TPSA) is 59.3 Å². The zero-order valence-electron chi connectivity index (χ0n) is 20.7. The highest BCUT2D eigenvalue weighted by Crippen LogP contribution is 2.23. The molecule has 0 aliphatic rings. The van der Waals surface area contributed by atoms with Crippen molar-refractivity contribution >= 4 is 5.97 Å². The maximum absolute atomic E-state index is 12.5. The van der Waals surface area contributed by atoms with E-state index in [1.165, 1.54) is 51.4 Å². The van der Waals surface area contributed by atoms with Gasteiger partial charge >= 0.3 is 5.97 Å². The van der Waals surface area contributed by atoms with Gasteiger partial charge in [0.05, 0.1) is 23.8 Å². The summed E-state index contributed by atoms with van der Waals surface area (Å²) >= 11 is 0. The van der Waals surface area contributed by atoms with Crippen molar-refractivity contribution in [2.24, 2.45) is 0 Å². The van der Waals surface area contributed by atoms with Gasteiger partial charge in [0.2, 0.25) is 0 Å². The van der Waals surface area contributed by atoms with Crippen molar-refractivity contribution in [1.82, 2.24) is 0 Å². The Hall–Kier alpha value is -3.58. The van der Waals surface area contributed by atoms with Gasteiger partial charge < -0.3 is 9.47 Å². The van der Waals surface area contributed by atoms with E-state index in [4.69, 9.17) is 14.7 Å². The van der Waals surface area contributed by atoms with Crippen LogP contribution >= 0.6 is 0 Å². The fourth-order valence-electron chi connectivity index (χ4n) is 3.91. The second kappa shape index (κ2) is 14.6.